The van der Waals surface area contributed by atoms with Gasteiger partial charge in [-0.15, -0.1) is 0 Å². The van der Waals surface area contributed by atoms with E-state index in [1.54, 1.807) is 38.2 Å². The van der Waals surface area contributed by atoms with Gasteiger partial charge in [-0.2, -0.15) is 0 Å². The quantitative estimate of drug-likeness (QED) is 0.396. The third kappa shape index (κ3) is 7.09. The Labute approximate surface area is 253 Å². The van der Waals surface area contributed by atoms with Crippen LogP contribution in [0.15, 0.2) is 36.5 Å². The molecule has 1 aromatic carbocycles. The average molecular weight is 603 g/mol. The van der Waals surface area contributed by atoms with E-state index in [4.69, 9.17) is 32.9 Å². The van der Waals surface area contributed by atoms with E-state index >= 15 is 0 Å². The number of nitrogens with zero attached hydrogens (tertiary/aromatic N) is 3. The molecule has 4 heterocycles. The van der Waals surface area contributed by atoms with E-state index in [9.17, 15) is 9.59 Å². The Morgan fingerprint density at radius 3 is 2.32 bits per heavy atom. The monoisotopic (exact) mass is 601 g/mol. The summed E-state index contributed by atoms with van der Waals surface area (Å²) < 4.78 is 5.99. The van der Waals surface area contributed by atoms with Crippen molar-refractivity contribution in [1.82, 2.24) is 20.5 Å². The van der Waals surface area contributed by atoms with Gasteiger partial charge in [0.1, 0.15) is 11.6 Å². The Kier molecular flexibility index (Phi) is 8.74. The molecule has 0 aliphatic carbocycles. The average Bonchev–Trinajstić information content (AvgIpc) is 3.50. The summed E-state index contributed by atoms with van der Waals surface area (Å²) in [6, 6.07) is 9.40. The Bertz CT molecular complexity index is 1250. The first kappa shape index (κ1) is 29.9. The molecule has 3 atom stereocenters. The molecule has 222 valence electrons. The molecule has 0 saturated carbocycles. The summed E-state index contributed by atoms with van der Waals surface area (Å²) in [6.07, 6.45) is 7.90. The van der Waals surface area contributed by atoms with Crippen LogP contribution in [-0.4, -0.2) is 70.6 Å². The van der Waals surface area contributed by atoms with Gasteiger partial charge in [-0.1, -0.05) is 23.2 Å². The lowest BCUT2D eigenvalue weighted by Gasteiger charge is -2.41. The maximum absolute atomic E-state index is 13.2. The van der Waals surface area contributed by atoms with Crippen molar-refractivity contribution in [1.29, 1.82) is 0 Å². The van der Waals surface area contributed by atoms with E-state index in [0.717, 1.165) is 51.1 Å². The molecule has 3 saturated heterocycles. The van der Waals surface area contributed by atoms with Gasteiger partial charge in [-0.25, -0.2) is 4.98 Å². The van der Waals surface area contributed by atoms with Crippen LogP contribution >= 0.6 is 23.2 Å². The fourth-order valence-corrected chi connectivity index (χ4v) is 6.95. The first-order valence-corrected chi connectivity index (χ1v) is 15.4. The first-order chi connectivity index (χ1) is 19.4. The Hall–Kier alpha value is -2.55. The topological polar surface area (TPSA) is 86.8 Å². The molecule has 41 heavy (non-hydrogen) atoms. The zero-order chi connectivity index (χ0) is 29.4. The SMILES string of the molecule is CC(C)(CN1CCCC1)NC(=O)c1ccc(N2[C@@H]3CC[C@H]2C[C@@H](NC(=O)C(C)(C)Oc2ccc(Cl)cc2Cl)C3)nc1. The number of carbonyl (C=O) groups is 2. The van der Waals surface area contributed by atoms with Crippen LogP contribution in [0.2, 0.25) is 10.0 Å². The molecule has 0 radical (unpaired) electrons. The minimum Gasteiger partial charge on any atom is -0.476 e. The molecule has 0 spiro atoms. The predicted octanol–water partition coefficient (Wildman–Crippen LogP) is 5.47. The molecular weight excluding hydrogens is 561 g/mol. The van der Waals surface area contributed by atoms with Gasteiger partial charge < -0.3 is 25.2 Å². The summed E-state index contributed by atoms with van der Waals surface area (Å²) >= 11 is 12.3. The summed E-state index contributed by atoms with van der Waals surface area (Å²) in [5, 5.41) is 7.28. The molecule has 5 rings (SSSR count). The van der Waals surface area contributed by atoms with Crippen molar-refractivity contribution < 1.29 is 14.3 Å². The van der Waals surface area contributed by atoms with Crippen LogP contribution in [0.4, 0.5) is 5.82 Å². The minimum absolute atomic E-state index is 0.0442. The zero-order valence-corrected chi connectivity index (χ0v) is 25.9. The number of fused-ring (bicyclic) bond motifs is 2. The Balaban J connectivity index is 1.16. The fourth-order valence-electron chi connectivity index (χ4n) is 6.50. The minimum atomic E-state index is -1.10. The van der Waals surface area contributed by atoms with Crippen molar-refractivity contribution in [3.63, 3.8) is 0 Å². The number of hydrogen-bond acceptors (Lipinski definition) is 6. The number of amides is 2. The van der Waals surface area contributed by atoms with Gasteiger partial charge in [-0.05, 0) is 110 Å². The lowest BCUT2D eigenvalue weighted by molar-refractivity contribution is -0.135. The van der Waals surface area contributed by atoms with Crippen molar-refractivity contribution in [2.45, 2.75) is 95.5 Å². The molecule has 3 fully saturated rings. The van der Waals surface area contributed by atoms with Crippen molar-refractivity contribution in [3.05, 3.63) is 52.1 Å². The number of benzene rings is 1. The zero-order valence-electron chi connectivity index (χ0n) is 24.4. The van der Waals surface area contributed by atoms with E-state index in [-0.39, 0.29) is 35.5 Å². The lowest BCUT2D eigenvalue weighted by Crippen LogP contribution is -2.55. The number of rotatable bonds is 9. The van der Waals surface area contributed by atoms with Crippen LogP contribution in [0.3, 0.4) is 0 Å². The van der Waals surface area contributed by atoms with Crippen molar-refractivity contribution in [2.75, 3.05) is 24.5 Å². The summed E-state index contributed by atoms with van der Waals surface area (Å²) in [4.78, 5) is 35.7. The number of aromatic nitrogens is 1. The van der Waals surface area contributed by atoms with E-state index in [1.807, 2.05) is 12.1 Å². The summed E-state index contributed by atoms with van der Waals surface area (Å²) in [7, 11) is 0. The Morgan fingerprint density at radius 1 is 1.02 bits per heavy atom. The van der Waals surface area contributed by atoms with Crippen LogP contribution in [0.1, 0.15) is 76.6 Å². The third-order valence-electron chi connectivity index (χ3n) is 8.42. The highest BCUT2D eigenvalue weighted by Gasteiger charge is 2.43. The highest BCUT2D eigenvalue weighted by atomic mass is 35.5. The summed E-state index contributed by atoms with van der Waals surface area (Å²) in [5.74, 6) is 1.03. The van der Waals surface area contributed by atoms with Crippen molar-refractivity contribution in [2.24, 2.45) is 0 Å². The molecule has 2 bridgehead atoms. The van der Waals surface area contributed by atoms with E-state index in [2.05, 4.69) is 34.3 Å². The second-order valence-electron chi connectivity index (χ2n) is 12.8. The van der Waals surface area contributed by atoms with E-state index in [0.29, 0.717) is 21.4 Å². The van der Waals surface area contributed by atoms with Crippen LogP contribution in [0.5, 0.6) is 5.75 Å². The largest absolute Gasteiger partial charge is 0.476 e. The number of nitrogens with one attached hydrogen (secondary N) is 2. The van der Waals surface area contributed by atoms with Gasteiger partial charge in [0.2, 0.25) is 0 Å². The van der Waals surface area contributed by atoms with Crippen molar-refractivity contribution in [3.8, 4) is 5.75 Å². The van der Waals surface area contributed by atoms with Crippen LogP contribution in [-0.2, 0) is 4.79 Å². The summed E-state index contributed by atoms with van der Waals surface area (Å²) in [6.45, 7) is 10.7. The second-order valence-corrected chi connectivity index (χ2v) is 13.7. The molecule has 2 N–H and O–H groups in total. The number of halogens is 2. The molecule has 2 aromatic rings. The maximum atomic E-state index is 13.2. The normalized spacial score (nSPS) is 23.0. The lowest BCUT2D eigenvalue weighted by atomic mass is 9.96. The van der Waals surface area contributed by atoms with Crippen LogP contribution in [0, 0.1) is 0 Å². The molecule has 3 aliphatic rings. The highest BCUT2D eigenvalue weighted by molar-refractivity contribution is 6.35. The second kappa shape index (κ2) is 12.0. The smallest absolute Gasteiger partial charge is 0.263 e. The van der Waals surface area contributed by atoms with Gasteiger partial charge in [0.15, 0.2) is 5.60 Å². The molecule has 8 nitrogen and oxygen atoms in total. The maximum Gasteiger partial charge on any atom is 0.263 e. The number of anilines is 1. The molecule has 3 aliphatic heterocycles. The number of carbonyl (C=O) groups excluding carboxylic acids is 2. The first-order valence-electron chi connectivity index (χ1n) is 14.6. The van der Waals surface area contributed by atoms with Crippen molar-refractivity contribution >= 4 is 40.8 Å². The molecule has 2 amide bonds. The van der Waals surface area contributed by atoms with Gasteiger partial charge in [0, 0.05) is 41.4 Å². The highest BCUT2D eigenvalue weighted by Crippen LogP contribution is 2.39. The molecule has 1 aromatic heterocycles. The van der Waals surface area contributed by atoms with Gasteiger partial charge in [0.05, 0.1) is 10.6 Å². The third-order valence-corrected chi connectivity index (χ3v) is 8.95. The molecule has 10 heteroatoms. The number of likely N-dealkylation sites (tertiary alicyclic amines) is 1. The number of ether oxygens (including phenoxy) is 1. The van der Waals surface area contributed by atoms with E-state index < -0.39 is 5.60 Å². The van der Waals surface area contributed by atoms with Gasteiger partial charge in [0.25, 0.3) is 11.8 Å². The number of pyridine rings is 1. The summed E-state index contributed by atoms with van der Waals surface area (Å²) in [5.41, 5.74) is -0.846. The fraction of sp³-hybridized carbons (Fsp3) is 0.581. The number of piperidine rings is 1. The Morgan fingerprint density at radius 2 is 1.71 bits per heavy atom. The predicted molar refractivity (Wildman–Crippen MR) is 163 cm³/mol. The van der Waals surface area contributed by atoms with Crippen LogP contribution < -0.4 is 20.3 Å². The van der Waals surface area contributed by atoms with E-state index in [1.165, 1.54) is 12.8 Å². The van der Waals surface area contributed by atoms with Crippen LogP contribution in [0.25, 0.3) is 0 Å². The standard InChI is InChI=1S/C31H41Cl2N5O3/c1-30(2,19-37-13-5-6-14-37)36-28(39)20-7-12-27(34-18-20)38-23-9-10-24(38)17-22(16-23)35-29(40)31(3,4)41-26-11-8-21(32)15-25(26)33/h7-8,11-12,15,18,22-24H,5-6,9-10,13-14,16-17,19H2,1-4H3,(H,35,40)(H,36,39)/t22-,23+,24-. The molecular formula is C31H41Cl2N5O3. The van der Waals surface area contributed by atoms with Gasteiger partial charge >= 0.3 is 0 Å². The van der Waals surface area contributed by atoms with Gasteiger partial charge in [-0.3, -0.25) is 9.59 Å². The number of hydrogen-bond donors (Lipinski definition) is 2. The molecule has 0 unspecified atom stereocenters.